The number of hydrazone groups is 1. The number of carbonyl (C=O) groups is 1. The lowest BCUT2D eigenvalue weighted by atomic mass is 10.2. The van der Waals surface area contributed by atoms with Crippen LogP contribution in [-0.2, 0) is 4.79 Å². The molecule has 0 spiro atoms. The second-order valence-corrected chi connectivity index (χ2v) is 5.72. The van der Waals surface area contributed by atoms with E-state index in [9.17, 15) is 4.79 Å². The van der Waals surface area contributed by atoms with Gasteiger partial charge in [-0.15, -0.1) is 5.10 Å². The highest BCUT2D eigenvalue weighted by Crippen LogP contribution is 2.16. The molecular weight excluding hydrogens is 316 g/mol. The minimum Gasteiger partial charge on any atom is -0.361 e. The third kappa shape index (κ3) is 2.76. The topological polar surface area (TPSA) is 88.0 Å². The Kier molecular flexibility index (Phi) is 3.74. The Morgan fingerprint density at radius 3 is 2.96 bits per heavy atom. The molecule has 1 atom stereocenters. The zero-order chi connectivity index (χ0) is 17.2. The van der Waals surface area contributed by atoms with Gasteiger partial charge in [0, 0.05) is 22.7 Å². The Morgan fingerprint density at radius 2 is 2.04 bits per heavy atom. The van der Waals surface area contributed by atoms with E-state index < -0.39 is 6.04 Å². The van der Waals surface area contributed by atoms with Crippen LogP contribution in [0.4, 0.5) is 0 Å². The molecule has 0 saturated carbocycles. The van der Waals surface area contributed by atoms with E-state index in [0.29, 0.717) is 0 Å². The van der Waals surface area contributed by atoms with Gasteiger partial charge in [-0.1, -0.05) is 35.5 Å². The van der Waals surface area contributed by atoms with Gasteiger partial charge in [0.25, 0.3) is 5.91 Å². The number of H-pyrrole nitrogens is 1. The predicted molar refractivity (Wildman–Crippen MR) is 96.3 cm³/mol. The van der Waals surface area contributed by atoms with Crippen LogP contribution in [0.3, 0.4) is 0 Å². The van der Waals surface area contributed by atoms with Gasteiger partial charge in [0.1, 0.15) is 11.6 Å². The van der Waals surface area contributed by atoms with E-state index in [0.717, 1.165) is 27.5 Å². The Bertz CT molecular complexity index is 1080. The molecule has 25 heavy (non-hydrogen) atoms. The number of rotatable bonds is 4. The van der Waals surface area contributed by atoms with Crippen LogP contribution in [0.5, 0.6) is 0 Å². The molecule has 124 valence electrons. The fraction of sp³-hybridized carbons (Fsp3) is 0.111. The first-order chi connectivity index (χ1) is 12.2. The van der Waals surface area contributed by atoms with Crippen LogP contribution in [0.25, 0.3) is 21.9 Å². The van der Waals surface area contributed by atoms with E-state index in [4.69, 9.17) is 0 Å². The van der Waals surface area contributed by atoms with Crippen molar-refractivity contribution in [1.82, 2.24) is 25.4 Å². The molecular formula is C18H16N6O. The summed E-state index contributed by atoms with van der Waals surface area (Å²) in [6.07, 6.45) is 3.48. The number of nitrogens with zero attached hydrogens (tertiary/aromatic N) is 4. The lowest BCUT2D eigenvalue weighted by Crippen LogP contribution is -2.28. The van der Waals surface area contributed by atoms with Crippen LogP contribution in [0, 0.1) is 0 Å². The van der Waals surface area contributed by atoms with Crippen molar-refractivity contribution in [3.05, 3.63) is 60.3 Å². The van der Waals surface area contributed by atoms with Gasteiger partial charge in [-0.2, -0.15) is 5.10 Å². The highest BCUT2D eigenvalue weighted by atomic mass is 16.2. The zero-order valence-electron chi connectivity index (χ0n) is 13.5. The summed E-state index contributed by atoms with van der Waals surface area (Å²) in [6.45, 7) is 1.76. The monoisotopic (exact) mass is 332 g/mol. The standard InChI is InChI=1S/C18H16N6O/c1-12(24-17-9-5-4-8-16(17)21-23-24)18(25)22-20-11-13-10-19-15-7-3-2-6-14(13)15/h2-12,19H,1H3,(H,22,25)/b20-11+. The Labute approximate surface area is 143 Å². The van der Waals surface area contributed by atoms with Crippen molar-refractivity contribution in [3.63, 3.8) is 0 Å². The first kappa shape index (κ1) is 15.1. The molecule has 0 saturated heterocycles. The maximum atomic E-state index is 12.4. The van der Waals surface area contributed by atoms with Gasteiger partial charge in [-0.05, 0) is 25.1 Å². The summed E-state index contributed by atoms with van der Waals surface area (Å²) in [5.41, 5.74) is 6.07. The molecule has 2 aromatic carbocycles. The van der Waals surface area contributed by atoms with Crippen molar-refractivity contribution in [1.29, 1.82) is 0 Å². The van der Waals surface area contributed by atoms with Crippen LogP contribution in [0.15, 0.2) is 59.8 Å². The van der Waals surface area contributed by atoms with E-state index in [1.165, 1.54) is 0 Å². The summed E-state index contributed by atoms with van der Waals surface area (Å²) in [7, 11) is 0. The van der Waals surface area contributed by atoms with Gasteiger partial charge in [0.15, 0.2) is 0 Å². The molecule has 4 aromatic rings. The SMILES string of the molecule is CC(C(=O)N/N=C/c1c[nH]c2ccccc12)n1nnc2ccccc21. The molecule has 0 radical (unpaired) electrons. The van der Waals surface area contributed by atoms with E-state index in [-0.39, 0.29) is 5.91 Å². The molecule has 2 heterocycles. The zero-order valence-corrected chi connectivity index (χ0v) is 13.5. The maximum absolute atomic E-state index is 12.4. The number of aromatic nitrogens is 4. The van der Waals surface area contributed by atoms with E-state index in [1.54, 1.807) is 17.8 Å². The second kappa shape index (κ2) is 6.20. The van der Waals surface area contributed by atoms with Crippen LogP contribution in [0.1, 0.15) is 18.5 Å². The molecule has 1 amide bonds. The number of hydrogen-bond acceptors (Lipinski definition) is 4. The first-order valence-corrected chi connectivity index (χ1v) is 7.93. The number of aromatic amines is 1. The second-order valence-electron chi connectivity index (χ2n) is 5.72. The average Bonchev–Trinajstić information content (AvgIpc) is 3.25. The molecule has 0 aliphatic rings. The number of fused-ring (bicyclic) bond motifs is 2. The molecule has 0 aliphatic carbocycles. The van der Waals surface area contributed by atoms with Crippen molar-refractivity contribution < 1.29 is 4.79 Å². The number of amides is 1. The Balaban J connectivity index is 1.50. The third-order valence-electron chi connectivity index (χ3n) is 4.12. The van der Waals surface area contributed by atoms with Crippen molar-refractivity contribution in [2.75, 3.05) is 0 Å². The molecule has 1 unspecified atom stereocenters. The number of hydrogen-bond donors (Lipinski definition) is 2. The lowest BCUT2D eigenvalue weighted by Gasteiger charge is -2.10. The van der Waals surface area contributed by atoms with Gasteiger partial charge < -0.3 is 4.98 Å². The van der Waals surface area contributed by atoms with Crippen molar-refractivity contribution in [3.8, 4) is 0 Å². The van der Waals surface area contributed by atoms with Crippen LogP contribution < -0.4 is 5.43 Å². The molecule has 7 heteroatoms. The van der Waals surface area contributed by atoms with Gasteiger partial charge in [-0.3, -0.25) is 4.79 Å². The molecule has 2 N–H and O–H groups in total. The van der Waals surface area contributed by atoms with Crippen LogP contribution in [-0.4, -0.2) is 32.1 Å². The smallest absolute Gasteiger partial charge is 0.264 e. The molecule has 4 rings (SSSR count). The predicted octanol–water partition coefficient (Wildman–Crippen LogP) is 2.62. The number of nitrogens with one attached hydrogen (secondary N) is 2. The summed E-state index contributed by atoms with van der Waals surface area (Å²) in [6, 6.07) is 14.9. The molecule has 0 aliphatic heterocycles. The Morgan fingerprint density at radius 1 is 1.24 bits per heavy atom. The summed E-state index contributed by atoms with van der Waals surface area (Å²) in [5, 5.41) is 13.3. The van der Waals surface area contributed by atoms with E-state index in [2.05, 4.69) is 25.8 Å². The van der Waals surface area contributed by atoms with Crippen LogP contribution >= 0.6 is 0 Å². The summed E-state index contributed by atoms with van der Waals surface area (Å²) >= 11 is 0. The highest BCUT2D eigenvalue weighted by Gasteiger charge is 2.18. The number of carbonyl (C=O) groups excluding carboxylic acids is 1. The lowest BCUT2D eigenvalue weighted by molar-refractivity contribution is -0.124. The van der Waals surface area contributed by atoms with Gasteiger partial charge in [0.2, 0.25) is 0 Å². The van der Waals surface area contributed by atoms with Gasteiger partial charge in [-0.25, -0.2) is 10.1 Å². The number of para-hydroxylation sites is 2. The summed E-state index contributed by atoms with van der Waals surface area (Å²) in [4.78, 5) is 15.5. The first-order valence-electron chi connectivity index (χ1n) is 7.93. The van der Waals surface area contributed by atoms with E-state index >= 15 is 0 Å². The normalized spacial score (nSPS) is 12.8. The summed E-state index contributed by atoms with van der Waals surface area (Å²) < 4.78 is 1.59. The highest BCUT2D eigenvalue weighted by molar-refractivity contribution is 5.99. The summed E-state index contributed by atoms with van der Waals surface area (Å²) in [5.74, 6) is -0.258. The maximum Gasteiger partial charge on any atom is 0.264 e. The fourth-order valence-corrected chi connectivity index (χ4v) is 2.74. The molecule has 7 nitrogen and oxygen atoms in total. The van der Waals surface area contributed by atoms with Crippen molar-refractivity contribution >= 4 is 34.1 Å². The van der Waals surface area contributed by atoms with Gasteiger partial charge in [0.05, 0.1) is 11.7 Å². The van der Waals surface area contributed by atoms with Crippen molar-refractivity contribution in [2.45, 2.75) is 13.0 Å². The minimum atomic E-state index is -0.521. The molecule has 0 fully saturated rings. The fourth-order valence-electron chi connectivity index (χ4n) is 2.74. The largest absolute Gasteiger partial charge is 0.361 e. The number of benzene rings is 2. The quantitative estimate of drug-likeness (QED) is 0.445. The minimum absolute atomic E-state index is 0.258. The molecule has 0 bridgehead atoms. The average molecular weight is 332 g/mol. The van der Waals surface area contributed by atoms with Gasteiger partial charge >= 0.3 is 0 Å². The molecule has 2 aromatic heterocycles. The van der Waals surface area contributed by atoms with Crippen molar-refractivity contribution in [2.24, 2.45) is 5.10 Å². The van der Waals surface area contributed by atoms with Crippen LogP contribution in [0.2, 0.25) is 0 Å². The van der Waals surface area contributed by atoms with E-state index in [1.807, 2.05) is 54.7 Å². The third-order valence-corrected chi connectivity index (χ3v) is 4.12. The Hall–Kier alpha value is -3.48.